The average molecular weight is 382 g/mol. The first kappa shape index (κ1) is 18.7. The van der Waals surface area contributed by atoms with E-state index in [0.29, 0.717) is 4.90 Å². The molecule has 1 heterocycles. The quantitative estimate of drug-likeness (QED) is 0.730. The van der Waals surface area contributed by atoms with Gasteiger partial charge in [0.15, 0.2) is 0 Å². The largest absolute Gasteiger partial charge is 0.327 e. The number of imidazole rings is 1. The van der Waals surface area contributed by atoms with Gasteiger partial charge in [0.25, 0.3) is 0 Å². The lowest BCUT2D eigenvalue weighted by Gasteiger charge is -2.12. The molecule has 0 amide bonds. The molecule has 1 fully saturated rings. The van der Waals surface area contributed by atoms with E-state index in [0.717, 1.165) is 40.8 Å². The number of nitrogens with zero attached hydrogens (tertiary/aromatic N) is 3. The van der Waals surface area contributed by atoms with Crippen molar-refractivity contribution in [3.8, 4) is 0 Å². The molecule has 25 heavy (non-hydrogen) atoms. The Balaban J connectivity index is 1.94. The summed E-state index contributed by atoms with van der Waals surface area (Å²) in [5.41, 5.74) is 1.81. The minimum Gasteiger partial charge on any atom is -0.327 e. The molecule has 0 N–H and O–H groups in total. The van der Waals surface area contributed by atoms with Gasteiger partial charge in [0.1, 0.15) is 5.82 Å². The zero-order valence-electron chi connectivity index (χ0n) is 15.2. The number of sulfonamides is 1. The van der Waals surface area contributed by atoms with Crippen molar-refractivity contribution in [3.63, 3.8) is 0 Å². The van der Waals surface area contributed by atoms with Crippen LogP contribution in [0.15, 0.2) is 23.1 Å². The fourth-order valence-electron chi connectivity index (χ4n) is 3.36. The van der Waals surface area contributed by atoms with E-state index in [1.807, 2.05) is 17.8 Å². The summed E-state index contributed by atoms with van der Waals surface area (Å²) in [4.78, 5) is 5.09. The molecule has 2 aromatic rings. The maximum Gasteiger partial charge on any atom is 0.242 e. The molecule has 0 spiro atoms. The van der Waals surface area contributed by atoms with Crippen molar-refractivity contribution >= 4 is 32.8 Å². The second-order valence-electron chi connectivity index (χ2n) is 6.84. The van der Waals surface area contributed by atoms with Crippen LogP contribution in [0.3, 0.4) is 0 Å². The topological polar surface area (TPSA) is 55.2 Å². The third-order valence-electron chi connectivity index (χ3n) is 4.77. The van der Waals surface area contributed by atoms with Crippen molar-refractivity contribution in [2.45, 2.75) is 61.5 Å². The molecule has 5 nitrogen and oxygen atoms in total. The van der Waals surface area contributed by atoms with Gasteiger partial charge in [0, 0.05) is 25.9 Å². The highest BCUT2D eigenvalue weighted by Crippen LogP contribution is 2.32. The number of hydrogen-bond acceptors (Lipinski definition) is 4. The third-order valence-corrected chi connectivity index (χ3v) is 7.95. The standard InChI is InChI=1S/C18H27N3O2S2/c1-4-11-21-17-10-9-15(25(22,23)20(2)3)12-16(17)19-18(21)13-24-14-7-5-6-8-14/h9-10,12,14H,4-8,11,13H2,1-3H3. The SMILES string of the molecule is CCCn1c(CSC2CCCC2)nc2cc(S(=O)(=O)N(C)C)ccc21. The Morgan fingerprint density at radius 3 is 2.64 bits per heavy atom. The number of hydrogen-bond donors (Lipinski definition) is 0. The predicted octanol–water partition coefficient (Wildman–Crippen LogP) is 3.87. The summed E-state index contributed by atoms with van der Waals surface area (Å²) in [6.45, 7) is 3.07. The molecule has 1 aliphatic rings. The zero-order valence-corrected chi connectivity index (χ0v) is 16.9. The highest BCUT2D eigenvalue weighted by atomic mass is 32.2. The summed E-state index contributed by atoms with van der Waals surface area (Å²) >= 11 is 2.00. The molecule has 1 aromatic carbocycles. The van der Waals surface area contributed by atoms with E-state index < -0.39 is 10.0 Å². The van der Waals surface area contributed by atoms with Gasteiger partial charge in [-0.15, -0.1) is 0 Å². The van der Waals surface area contributed by atoms with Crippen LogP contribution in [-0.4, -0.2) is 41.6 Å². The van der Waals surface area contributed by atoms with Gasteiger partial charge >= 0.3 is 0 Å². The van der Waals surface area contributed by atoms with E-state index in [9.17, 15) is 8.42 Å². The smallest absolute Gasteiger partial charge is 0.242 e. The van der Waals surface area contributed by atoms with Gasteiger partial charge in [-0.2, -0.15) is 11.8 Å². The molecule has 0 aliphatic heterocycles. The van der Waals surface area contributed by atoms with Crippen molar-refractivity contribution < 1.29 is 8.42 Å². The Labute approximate surface area is 154 Å². The predicted molar refractivity (Wildman–Crippen MR) is 104 cm³/mol. The Morgan fingerprint density at radius 2 is 2.00 bits per heavy atom. The van der Waals surface area contributed by atoms with Crippen molar-refractivity contribution in [1.29, 1.82) is 0 Å². The van der Waals surface area contributed by atoms with Crippen molar-refractivity contribution in [2.75, 3.05) is 14.1 Å². The van der Waals surface area contributed by atoms with Gasteiger partial charge in [0.2, 0.25) is 10.0 Å². The maximum absolute atomic E-state index is 12.4. The van der Waals surface area contributed by atoms with Gasteiger partial charge in [-0.3, -0.25) is 0 Å². The van der Waals surface area contributed by atoms with Crippen LogP contribution in [0.4, 0.5) is 0 Å². The van der Waals surface area contributed by atoms with E-state index in [1.54, 1.807) is 26.2 Å². The molecule has 1 saturated carbocycles. The van der Waals surface area contributed by atoms with Crippen LogP contribution >= 0.6 is 11.8 Å². The fraction of sp³-hybridized carbons (Fsp3) is 0.611. The van der Waals surface area contributed by atoms with Gasteiger partial charge in [-0.25, -0.2) is 17.7 Å². The zero-order chi connectivity index (χ0) is 18.0. The molecule has 0 bridgehead atoms. The van der Waals surface area contributed by atoms with Crippen LogP contribution in [0.5, 0.6) is 0 Å². The molecule has 0 saturated heterocycles. The second-order valence-corrected chi connectivity index (χ2v) is 10.3. The molecule has 1 aliphatic carbocycles. The van der Waals surface area contributed by atoms with Crippen molar-refractivity contribution in [2.24, 2.45) is 0 Å². The highest BCUT2D eigenvalue weighted by molar-refractivity contribution is 7.99. The summed E-state index contributed by atoms with van der Waals surface area (Å²) in [5, 5.41) is 0.750. The lowest BCUT2D eigenvalue weighted by molar-refractivity contribution is 0.521. The first-order valence-corrected chi connectivity index (χ1v) is 11.5. The minimum atomic E-state index is -3.43. The molecular formula is C18H27N3O2S2. The summed E-state index contributed by atoms with van der Waals surface area (Å²) in [5.74, 6) is 1.96. The number of fused-ring (bicyclic) bond motifs is 1. The number of thioether (sulfide) groups is 1. The summed E-state index contributed by atoms with van der Waals surface area (Å²) in [6, 6.07) is 5.30. The summed E-state index contributed by atoms with van der Waals surface area (Å²) in [6.07, 6.45) is 6.34. The van der Waals surface area contributed by atoms with Crippen LogP contribution in [-0.2, 0) is 22.3 Å². The Hall–Kier alpha value is -1.05. The van der Waals surface area contributed by atoms with E-state index >= 15 is 0 Å². The minimum absolute atomic E-state index is 0.307. The number of rotatable bonds is 7. The monoisotopic (exact) mass is 381 g/mol. The molecule has 138 valence electrons. The fourth-order valence-corrected chi connectivity index (χ4v) is 5.56. The van der Waals surface area contributed by atoms with Crippen molar-refractivity contribution in [3.05, 3.63) is 24.0 Å². The summed E-state index contributed by atoms with van der Waals surface area (Å²) in [7, 11) is -0.322. The Morgan fingerprint density at radius 1 is 1.28 bits per heavy atom. The lowest BCUT2D eigenvalue weighted by atomic mass is 10.3. The molecule has 7 heteroatoms. The average Bonchev–Trinajstić information content (AvgIpc) is 3.20. The number of aromatic nitrogens is 2. The van der Waals surface area contributed by atoms with Gasteiger partial charge in [-0.1, -0.05) is 19.8 Å². The number of benzene rings is 1. The third kappa shape index (κ3) is 3.88. The molecule has 0 radical (unpaired) electrons. The Kier molecular flexibility index (Phi) is 5.75. The molecule has 0 atom stereocenters. The van der Waals surface area contributed by atoms with Gasteiger partial charge in [-0.05, 0) is 37.5 Å². The van der Waals surface area contributed by atoms with Gasteiger partial charge in [0.05, 0.1) is 21.7 Å². The van der Waals surface area contributed by atoms with E-state index in [-0.39, 0.29) is 0 Å². The maximum atomic E-state index is 12.4. The second kappa shape index (κ2) is 7.68. The molecular weight excluding hydrogens is 354 g/mol. The highest BCUT2D eigenvalue weighted by Gasteiger charge is 2.21. The van der Waals surface area contributed by atoms with E-state index in [4.69, 9.17) is 4.98 Å². The van der Waals surface area contributed by atoms with Crippen molar-refractivity contribution in [1.82, 2.24) is 13.9 Å². The summed E-state index contributed by atoms with van der Waals surface area (Å²) < 4.78 is 28.3. The van der Waals surface area contributed by atoms with Crippen LogP contribution in [0.1, 0.15) is 44.9 Å². The first-order chi connectivity index (χ1) is 11.9. The van der Waals surface area contributed by atoms with Crippen LogP contribution in [0, 0.1) is 0 Å². The molecule has 3 rings (SSSR count). The molecule has 0 unspecified atom stereocenters. The first-order valence-electron chi connectivity index (χ1n) is 8.96. The normalized spacial score (nSPS) is 16.3. The van der Waals surface area contributed by atoms with Crippen LogP contribution < -0.4 is 0 Å². The number of aryl methyl sites for hydroxylation is 1. The van der Waals surface area contributed by atoms with E-state index in [1.165, 1.54) is 30.0 Å². The van der Waals surface area contributed by atoms with Crippen LogP contribution in [0.25, 0.3) is 11.0 Å². The van der Waals surface area contributed by atoms with Gasteiger partial charge < -0.3 is 4.57 Å². The lowest BCUT2D eigenvalue weighted by Crippen LogP contribution is -2.22. The van der Waals surface area contributed by atoms with Crippen LogP contribution in [0.2, 0.25) is 0 Å². The molecule has 1 aromatic heterocycles. The van der Waals surface area contributed by atoms with E-state index in [2.05, 4.69) is 11.5 Å². The Bertz CT molecular complexity index is 837.